The van der Waals surface area contributed by atoms with Crippen molar-refractivity contribution in [2.75, 3.05) is 25.6 Å². The number of phenols is 1. The van der Waals surface area contributed by atoms with Crippen molar-refractivity contribution in [3.63, 3.8) is 0 Å². The summed E-state index contributed by atoms with van der Waals surface area (Å²) in [6.07, 6.45) is 1.06. The quantitative estimate of drug-likeness (QED) is 0.595. The van der Waals surface area contributed by atoms with E-state index in [9.17, 15) is 9.90 Å². The SMILES string of the molecule is CN(Cc1ccc(C(=O)Nc2cc(-c3ccccc3)ccc2O)cc1)C1CCOC1. The van der Waals surface area contributed by atoms with Crippen molar-refractivity contribution in [3.05, 3.63) is 83.9 Å². The van der Waals surface area contributed by atoms with Gasteiger partial charge in [0.1, 0.15) is 5.75 Å². The van der Waals surface area contributed by atoms with Crippen LogP contribution in [0.25, 0.3) is 11.1 Å². The number of nitrogens with one attached hydrogen (secondary N) is 1. The average molecular weight is 402 g/mol. The number of hydrogen-bond acceptors (Lipinski definition) is 4. The van der Waals surface area contributed by atoms with Gasteiger partial charge in [-0.1, -0.05) is 48.5 Å². The number of likely N-dealkylation sites (N-methyl/N-ethyl adjacent to an activating group) is 1. The zero-order chi connectivity index (χ0) is 20.9. The number of nitrogens with zero attached hydrogens (tertiary/aromatic N) is 1. The molecule has 2 N–H and O–H groups in total. The summed E-state index contributed by atoms with van der Waals surface area (Å²) in [5.74, 6) is -0.209. The molecule has 0 aromatic heterocycles. The van der Waals surface area contributed by atoms with Crippen LogP contribution >= 0.6 is 0 Å². The Kier molecular flexibility index (Phi) is 6.12. The summed E-state index contributed by atoms with van der Waals surface area (Å²) in [6, 6.07) is 23.1. The third-order valence-electron chi connectivity index (χ3n) is 5.53. The van der Waals surface area contributed by atoms with E-state index < -0.39 is 0 Å². The molecule has 5 heteroatoms. The number of carbonyl (C=O) groups is 1. The minimum Gasteiger partial charge on any atom is -0.506 e. The maximum Gasteiger partial charge on any atom is 0.255 e. The van der Waals surface area contributed by atoms with E-state index in [1.165, 1.54) is 0 Å². The van der Waals surface area contributed by atoms with E-state index >= 15 is 0 Å². The number of anilines is 1. The number of carbonyl (C=O) groups excluding carboxylic acids is 1. The molecule has 154 valence electrons. The second-order valence-corrected chi connectivity index (χ2v) is 7.68. The first kappa shape index (κ1) is 20.1. The fourth-order valence-corrected chi connectivity index (χ4v) is 3.69. The predicted octanol–water partition coefficient (Wildman–Crippen LogP) is 4.53. The Morgan fingerprint density at radius 2 is 1.83 bits per heavy atom. The van der Waals surface area contributed by atoms with Crippen molar-refractivity contribution >= 4 is 11.6 Å². The molecule has 0 aliphatic carbocycles. The molecular weight excluding hydrogens is 376 g/mol. The summed E-state index contributed by atoms with van der Waals surface area (Å²) in [5, 5.41) is 13.0. The standard InChI is InChI=1S/C25H26N2O3/c1-27(22-13-14-30-17-22)16-18-7-9-20(10-8-18)25(29)26-23-15-21(11-12-24(23)28)19-5-3-2-4-6-19/h2-12,15,22,28H,13-14,16-17H2,1H3,(H,26,29). The highest BCUT2D eigenvalue weighted by atomic mass is 16.5. The van der Waals surface area contributed by atoms with Gasteiger partial charge in [0.15, 0.2) is 0 Å². The third kappa shape index (κ3) is 4.70. The van der Waals surface area contributed by atoms with Crippen molar-refractivity contribution in [1.82, 2.24) is 4.90 Å². The predicted molar refractivity (Wildman–Crippen MR) is 119 cm³/mol. The molecule has 1 amide bonds. The Morgan fingerprint density at radius 3 is 2.53 bits per heavy atom. The van der Waals surface area contributed by atoms with Crippen molar-refractivity contribution in [2.45, 2.75) is 19.0 Å². The van der Waals surface area contributed by atoms with Gasteiger partial charge < -0.3 is 15.2 Å². The van der Waals surface area contributed by atoms with Crippen molar-refractivity contribution in [2.24, 2.45) is 0 Å². The van der Waals surface area contributed by atoms with Gasteiger partial charge in [0.05, 0.1) is 12.3 Å². The van der Waals surface area contributed by atoms with Gasteiger partial charge in [0, 0.05) is 24.8 Å². The first-order valence-corrected chi connectivity index (χ1v) is 10.2. The highest BCUT2D eigenvalue weighted by Gasteiger charge is 2.20. The van der Waals surface area contributed by atoms with Crippen molar-refractivity contribution in [1.29, 1.82) is 0 Å². The average Bonchev–Trinajstić information content (AvgIpc) is 3.31. The van der Waals surface area contributed by atoms with Gasteiger partial charge >= 0.3 is 0 Å². The Bertz CT molecular complexity index is 997. The Hall–Kier alpha value is -3.15. The molecule has 1 atom stereocenters. The van der Waals surface area contributed by atoms with E-state index in [2.05, 4.69) is 17.3 Å². The minimum atomic E-state index is -0.250. The van der Waals surface area contributed by atoms with Crippen LogP contribution in [0.4, 0.5) is 5.69 Å². The molecule has 5 nitrogen and oxygen atoms in total. The van der Waals surface area contributed by atoms with Crippen LogP contribution in [0.2, 0.25) is 0 Å². The van der Waals surface area contributed by atoms with Gasteiger partial charge in [-0.05, 0) is 54.4 Å². The van der Waals surface area contributed by atoms with Crippen LogP contribution in [-0.2, 0) is 11.3 Å². The summed E-state index contributed by atoms with van der Waals surface area (Å²) < 4.78 is 5.45. The molecule has 1 saturated heterocycles. The molecule has 1 aliphatic heterocycles. The summed E-state index contributed by atoms with van der Waals surface area (Å²) in [7, 11) is 2.10. The zero-order valence-corrected chi connectivity index (χ0v) is 17.0. The van der Waals surface area contributed by atoms with Crippen LogP contribution < -0.4 is 5.32 Å². The minimum absolute atomic E-state index is 0.0417. The van der Waals surface area contributed by atoms with E-state index in [1.807, 2.05) is 60.7 Å². The number of rotatable bonds is 6. The van der Waals surface area contributed by atoms with Gasteiger partial charge in [-0.3, -0.25) is 9.69 Å². The number of aromatic hydroxyl groups is 1. The molecule has 1 unspecified atom stereocenters. The maximum atomic E-state index is 12.7. The van der Waals surface area contributed by atoms with Gasteiger partial charge in [-0.25, -0.2) is 0 Å². The van der Waals surface area contributed by atoms with E-state index in [1.54, 1.807) is 12.1 Å². The van der Waals surface area contributed by atoms with E-state index in [0.717, 1.165) is 42.9 Å². The topological polar surface area (TPSA) is 61.8 Å². The molecule has 30 heavy (non-hydrogen) atoms. The lowest BCUT2D eigenvalue weighted by Gasteiger charge is -2.22. The monoisotopic (exact) mass is 402 g/mol. The van der Waals surface area contributed by atoms with E-state index in [0.29, 0.717) is 17.3 Å². The van der Waals surface area contributed by atoms with Crippen molar-refractivity contribution in [3.8, 4) is 16.9 Å². The summed E-state index contributed by atoms with van der Waals surface area (Å²) in [6.45, 7) is 2.42. The van der Waals surface area contributed by atoms with Gasteiger partial charge in [0.2, 0.25) is 0 Å². The second kappa shape index (κ2) is 9.11. The molecule has 1 heterocycles. The van der Waals surface area contributed by atoms with Crippen LogP contribution in [0.15, 0.2) is 72.8 Å². The molecule has 1 fully saturated rings. The zero-order valence-electron chi connectivity index (χ0n) is 17.0. The Balaban J connectivity index is 1.43. The summed E-state index contributed by atoms with van der Waals surface area (Å²) in [5.41, 5.74) is 4.04. The first-order valence-electron chi connectivity index (χ1n) is 10.2. The van der Waals surface area contributed by atoms with Gasteiger partial charge in [-0.2, -0.15) is 0 Å². The normalized spacial score (nSPS) is 16.0. The number of ether oxygens (including phenoxy) is 1. The Morgan fingerprint density at radius 1 is 1.07 bits per heavy atom. The lowest BCUT2D eigenvalue weighted by Crippen LogP contribution is -2.31. The third-order valence-corrected chi connectivity index (χ3v) is 5.53. The van der Waals surface area contributed by atoms with Crippen LogP contribution in [0.1, 0.15) is 22.3 Å². The van der Waals surface area contributed by atoms with Crippen LogP contribution in [0.5, 0.6) is 5.75 Å². The van der Waals surface area contributed by atoms with Crippen LogP contribution in [0.3, 0.4) is 0 Å². The molecule has 0 radical (unpaired) electrons. The fraction of sp³-hybridized carbons (Fsp3) is 0.240. The number of benzene rings is 3. The number of phenolic OH excluding ortho intramolecular Hbond substituents is 1. The highest BCUT2D eigenvalue weighted by molar-refractivity contribution is 6.05. The molecule has 0 saturated carbocycles. The van der Waals surface area contributed by atoms with Crippen molar-refractivity contribution < 1.29 is 14.6 Å². The van der Waals surface area contributed by atoms with Crippen LogP contribution in [0, 0.1) is 0 Å². The van der Waals surface area contributed by atoms with E-state index in [4.69, 9.17) is 4.74 Å². The lowest BCUT2D eigenvalue weighted by molar-refractivity contribution is 0.102. The summed E-state index contributed by atoms with van der Waals surface area (Å²) in [4.78, 5) is 15.0. The van der Waals surface area contributed by atoms with E-state index in [-0.39, 0.29) is 11.7 Å². The fourth-order valence-electron chi connectivity index (χ4n) is 3.69. The lowest BCUT2D eigenvalue weighted by atomic mass is 10.0. The Labute approximate surface area is 176 Å². The first-order chi connectivity index (χ1) is 14.6. The molecule has 0 bridgehead atoms. The molecule has 0 spiro atoms. The smallest absolute Gasteiger partial charge is 0.255 e. The molecule has 1 aliphatic rings. The highest BCUT2D eigenvalue weighted by Crippen LogP contribution is 2.30. The van der Waals surface area contributed by atoms with Gasteiger partial charge in [0.25, 0.3) is 5.91 Å². The maximum absolute atomic E-state index is 12.7. The number of amides is 1. The largest absolute Gasteiger partial charge is 0.506 e. The molecule has 3 aromatic carbocycles. The van der Waals surface area contributed by atoms with Crippen LogP contribution in [-0.4, -0.2) is 42.2 Å². The second-order valence-electron chi connectivity index (χ2n) is 7.68. The summed E-state index contributed by atoms with van der Waals surface area (Å²) >= 11 is 0. The molecule has 4 rings (SSSR count). The molecule has 3 aromatic rings. The van der Waals surface area contributed by atoms with Gasteiger partial charge in [-0.15, -0.1) is 0 Å². The number of hydrogen-bond donors (Lipinski definition) is 2. The molecular formula is C25H26N2O3.